The fraction of sp³-hybridized carbons (Fsp3) is 0.333. The Kier molecular flexibility index (Phi) is 8.74. The molecule has 1 unspecified atom stereocenters. The third-order valence-corrected chi connectivity index (χ3v) is 5.43. The summed E-state index contributed by atoms with van der Waals surface area (Å²) in [7, 11) is 0. The van der Waals surface area contributed by atoms with Crippen LogP contribution in [0.15, 0.2) is 47.7 Å². The number of nitrogens with zero attached hydrogens (tertiary/aromatic N) is 1. The molecule has 138 valence electrons. The van der Waals surface area contributed by atoms with Gasteiger partial charge in [0.05, 0.1) is 10.2 Å². The molecular formula is C21H26N2O2S. The molecule has 4 nitrogen and oxygen atoms in total. The van der Waals surface area contributed by atoms with E-state index >= 15 is 0 Å². The molecule has 0 aliphatic heterocycles. The molecule has 0 saturated heterocycles. The summed E-state index contributed by atoms with van der Waals surface area (Å²) in [6, 6.07) is 8.30. The third-order valence-electron chi connectivity index (χ3n) is 4.23. The average molecular weight is 371 g/mol. The normalized spacial score (nSPS) is 13.2. The predicted octanol–water partition coefficient (Wildman–Crippen LogP) is 6.04. The first-order valence-corrected chi connectivity index (χ1v) is 9.52. The van der Waals surface area contributed by atoms with Gasteiger partial charge in [0, 0.05) is 23.5 Å². The highest BCUT2D eigenvalue weighted by Gasteiger charge is 2.21. The van der Waals surface area contributed by atoms with Crippen LogP contribution < -0.4 is 0 Å². The Labute approximate surface area is 159 Å². The number of nitro groups is 1. The van der Waals surface area contributed by atoms with Gasteiger partial charge in [0.15, 0.2) is 0 Å². The number of fused-ring (bicyclic) bond motifs is 1. The molecule has 0 radical (unpaired) electrons. The Morgan fingerprint density at radius 3 is 2.58 bits per heavy atom. The van der Waals surface area contributed by atoms with Crippen LogP contribution in [0.2, 0.25) is 0 Å². The van der Waals surface area contributed by atoms with Crippen molar-refractivity contribution in [1.29, 1.82) is 0 Å². The molecule has 1 N–H and O–H groups in total. The number of hydrogen-bond acceptors (Lipinski definition) is 3. The van der Waals surface area contributed by atoms with Gasteiger partial charge in [-0.15, -0.1) is 24.6 Å². The molecule has 0 spiro atoms. The van der Waals surface area contributed by atoms with Crippen molar-refractivity contribution in [1.82, 2.24) is 4.98 Å². The van der Waals surface area contributed by atoms with Crippen LogP contribution in [0.4, 0.5) is 0 Å². The van der Waals surface area contributed by atoms with Crippen molar-refractivity contribution in [3.8, 4) is 12.8 Å². The van der Waals surface area contributed by atoms with Crippen LogP contribution in [-0.2, 0) is 0 Å². The van der Waals surface area contributed by atoms with E-state index in [1.165, 1.54) is 22.2 Å². The monoisotopic (exact) mass is 370 g/mol. The lowest BCUT2D eigenvalue weighted by molar-refractivity contribution is -0.424. The molecule has 0 saturated carbocycles. The van der Waals surface area contributed by atoms with E-state index in [9.17, 15) is 10.1 Å². The molecule has 26 heavy (non-hydrogen) atoms. The van der Waals surface area contributed by atoms with Gasteiger partial charge in [0.1, 0.15) is 0 Å². The van der Waals surface area contributed by atoms with Crippen molar-refractivity contribution < 1.29 is 4.92 Å². The number of aryl methyl sites for hydroxylation is 1. The first kappa shape index (κ1) is 21.6. The number of allylic oxidation sites excluding steroid dienone is 3. The fourth-order valence-corrected chi connectivity index (χ4v) is 4.01. The van der Waals surface area contributed by atoms with Crippen LogP contribution in [-0.4, -0.2) is 15.7 Å². The van der Waals surface area contributed by atoms with Gasteiger partial charge in [-0.05, 0) is 43.7 Å². The number of benzene rings is 1. The molecule has 1 atom stereocenters. The van der Waals surface area contributed by atoms with Gasteiger partial charge < -0.3 is 4.98 Å². The zero-order valence-electron chi connectivity index (χ0n) is 15.8. The summed E-state index contributed by atoms with van der Waals surface area (Å²) in [5.41, 5.74) is 4.98. The number of H-pyrrole nitrogens is 1. The molecule has 0 bridgehead atoms. The molecular weight excluding hydrogens is 344 g/mol. The Balaban J connectivity index is 0.00000163. The zero-order chi connectivity index (χ0) is 19.7. The number of aromatic amines is 1. The molecule has 5 heteroatoms. The zero-order valence-corrected chi connectivity index (χ0v) is 16.6. The Morgan fingerprint density at radius 2 is 2.04 bits per heavy atom. The van der Waals surface area contributed by atoms with Crippen molar-refractivity contribution in [2.45, 2.75) is 39.4 Å². The molecule has 1 aromatic carbocycles. The van der Waals surface area contributed by atoms with Gasteiger partial charge in [0.2, 0.25) is 5.70 Å². The standard InChI is InChI=1S/C19H24N2O2S.C2H2/c1-5-15(12-11-13(3)21(22)23)19(24-6-2)18-14(4)16-9-7-8-10-17(16)20-18;1-2/h5,7-11,19-20H,6,12H2,1-4H3;1-2H/b13-11+,15-5+;. The lowest BCUT2D eigenvalue weighted by Gasteiger charge is -2.19. The topological polar surface area (TPSA) is 58.9 Å². The van der Waals surface area contributed by atoms with E-state index in [1.54, 1.807) is 13.0 Å². The first-order chi connectivity index (χ1) is 12.5. The fourth-order valence-electron chi connectivity index (χ4n) is 2.82. The lowest BCUT2D eigenvalue weighted by atomic mass is 10.0. The van der Waals surface area contributed by atoms with E-state index in [2.05, 4.69) is 56.0 Å². The van der Waals surface area contributed by atoms with Crippen LogP contribution in [0.5, 0.6) is 0 Å². The number of hydrogen-bond donors (Lipinski definition) is 1. The number of nitrogens with one attached hydrogen (secondary N) is 1. The second-order valence-corrected chi connectivity index (χ2v) is 7.10. The molecule has 1 aromatic heterocycles. The van der Waals surface area contributed by atoms with E-state index in [-0.39, 0.29) is 15.9 Å². The highest BCUT2D eigenvalue weighted by molar-refractivity contribution is 7.99. The van der Waals surface area contributed by atoms with Gasteiger partial charge in [-0.1, -0.05) is 36.8 Å². The quantitative estimate of drug-likeness (QED) is 0.280. The van der Waals surface area contributed by atoms with Gasteiger partial charge in [-0.3, -0.25) is 10.1 Å². The minimum absolute atomic E-state index is 0.184. The lowest BCUT2D eigenvalue weighted by Crippen LogP contribution is -2.02. The first-order valence-electron chi connectivity index (χ1n) is 8.47. The van der Waals surface area contributed by atoms with Crippen LogP contribution >= 0.6 is 11.8 Å². The van der Waals surface area contributed by atoms with Crippen LogP contribution in [0.25, 0.3) is 10.9 Å². The van der Waals surface area contributed by atoms with E-state index in [1.807, 2.05) is 24.8 Å². The maximum Gasteiger partial charge on any atom is 0.239 e. The molecule has 2 rings (SSSR count). The van der Waals surface area contributed by atoms with E-state index in [0.717, 1.165) is 11.3 Å². The highest BCUT2D eigenvalue weighted by atomic mass is 32.2. The second-order valence-electron chi connectivity index (χ2n) is 5.71. The largest absolute Gasteiger partial charge is 0.357 e. The van der Waals surface area contributed by atoms with Crippen LogP contribution in [0.3, 0.4) is 0 Å². The van der Waals surface area contributed by atoms with Gasteiger partial charge in [0.25, 0.3) is 0 Å². The van der Waals surface area contributed by atoms with Crippen LogP contribution in [0.1, 0.15) is 43.7 Å². The maximum atomic E-state index is 10.8. The molecule has 1 heterocycles. The van der Waals surface area contributed by atoms with Crippen molar-refractivity contribution in [2.24, 2.45) is 0 Å². The smallest absolute Gasteiger partial charge is 0.239 e. The summed E-state index contributed by atoms with van der Waals surface area (Å²) in [5, 5.41) is 12.3. The van der Waals surface area contributed by atoms with Gasteiger partial charge >= 0.3 is 0 Å². The van der Waals surface area contributed by atoms with E-state index < -0.39 is 0 Å². The van der Waals surface area contributed by atoms with Crippen molar-refractivity contribution in [3.63, 3.8) is 0 Å². The summed E-state index contributed by atoms with van der Waals surface area (Å²) >= 11 is 1.85. The second kappa shape index (κ2) is 10.5. The van der Waals surface area contributed by atoms with Crippen LogP contribution in [0, 0.1) is 29.9 Å². The molecule has 0 fully saturated rings. The van der Waals surface area contributed by atoms with Gasteiger partial charge in [-0.2, -0.15) is 0 Å². The molecule has 0 aliphatic rings. The summed E-state index contributed by atoms with van der Waals surface area (Å²) < 4.78 is 0. The van der Waals surface area contributed by atoms with Crippen molar-refractivity contribution >= 4 is 22.7 Å². The average Bonchev–Trinajstić information content (AvgIpc) is 2.99. The summed E-state index contributed by atoms with van der Waals surface area (Å²) in [4.78, 5) is 14.1. The number of terminal acetylenes is 1. The minimum atomic E-state index is -0.330. The van der Waals surface area contributed by atoms with E-state index in [0.29, 0.717) is 6.42 Å². The SMILES string of the molecule is C#C.C/C=C(\C/C=C(\C)[N+](=O)[O-])C(SCC)c1[nH]c2ccccc2c1C. The number of aromatic nitrogens is 1. The molecule has 0 aliphatic carbocycles. The Morgan fingerprint density at radius 1 is 1.38 bits per heavy atom. The maximum absolute atomic E-state index is 10.8. The summed E-state index contributed by atoms with van der Waals surface area (Å²) in [5.74, 6) is 0.981. The summed E-state index contributed by atoms with van der Waals surface area (Å²) in [6.07, 6.45) is 12.4. The molecule has 2 aromatic rings. The highest BCUT2D eigenvalue weighted by Crippen LogP contribution is 2.40. The number of thioether (sulfide) groups is 1. The number of para-hydroxylation sites is 1. The minimum Gasteiger partial charge on any atom is -0.357 e. The van der Waals surface area contributed by atoms with Crippen molar-refractivity contribution in [2.75, 3.05) is 5.75 Å². The third kappa shape index (κ3) is 5.03. The predicted molar refractivity (Wildman–Crippen MR) is 113 cm³/mol. The Bertz CT molecular complexity index is 831. The van der Waals surface area contributed by atoms with Crippen molar-refractivity contribution in [3.05, 3.63) is 69.1 Å². The molecule has 0 amide bonds. The van der Waals surface area contributed by atoms with E-state index in [4.69, 9.17) is 0 Å². The van der Waals surface area contributed by atoms with Gasteiger partial charge in [-0.25, -0.2) is 0 Å². The Hall–Kier alpha value is -2.45. The number of rotatable bonds is 7. The summed E-state index contributed by atoms with van der Waals surface area (Å²) in [6.45, 7) is 7.83.